The van der Waals surface area contributed by atoms with E-state index in [4.69, 9.17) is 34.8 Å². The Labute approximate surface area is 167 Å². The summed E-state index contributed by atoms with van der Waals surface area (Å²) in [6, 6.07) is 12.1. The third-order valence-corrected chi connectivity index (χ3v) is 4.39. The highest BCUT2D eigenvalue weighted by molar-refractivity contribution is 6.39. The predicted molar refractivity (Wildman–Crippen MR) is 108 cm³/mol. The van der Waals surface area contributed by atoms with Crippen molar-refractivity contribution in [1.82, 2.24) is 4.90 Å². The molecule has 0 bridgehead atoms. The van der Waals surface area contributed by atoms with E-state index in [-0.39, 0.29) is 18.4 Å². The topological polar surface area (TPSA) is 49.4 Å². The zero-order valence-corrected chi connectivity index (χ0v) is 16.3. The van der Waals surface area contributed by atoms with E-state index < -0.39 is 0 Å². The van der Waals surface area contributed by atoms with Gasteiger partial charge in [-0.25, -0.2) is 0 Å². The average molecular weight is 412 g/mol. The number of hydrogen-bond acceptors (Lipinski definition) is 2. The number of carbonyl (C=O) groups is 2. The Balaban J connectivity index is 2.01. The fraction of sp³-hybridized carbons (Fsp3) is 0.158. The molecule has 4 nitrogen and oxygen atoms in total. The summed E-state index contributed by atoms with van der Waals surface area (Å²) >= 11 is 18.0. The van der Waals surface area contributed by atoms with Gasteiger partial charge >= 0.3 is 0 Å². The molecule has 2 rings (SSSR count). The van der Waals surface area contributed by atoms with Crippen LogP contribution in [0.5, 0.6) is 0 Å². The Morgan fingerprint density at radius 3 is 2.35 bits per heavy atom. The summed E-state index contributed by atoms with van der Waals surface area (Å²) in [5, 5.41) is 3.90. The van der Waals surface area contributed by atoms with Gasteiger partial charge in [-0.1, -0.05) is 53.0 Å². The molecule has 0 saturated carbocycles. The maximum atomic E-state index is 12.3. The lowest BCUT2D eigenvalue weighted by Gasteiger charge is -2.19. The molecule has 0 aromatic heterocycles. The second kappa shape index (κ2) is 9.62. The largest absolute Gasteiger partial charge is 0.330 e. The highest BCUT2D eigenvalue weighted by Crippen LogP contribution is 2.29. The lowest BCUT2D eigenvalue weighted by molar-refractivity contribution is -0.130. The number of anilines is 1. The second-order valence-corrected chi connectivity index (χ2v) is 6.64. The standard InChI is InChI=1S/C19H17Cl3N2O2/c1-2-24(18(26)10-9-13-5-3-6-14(20)11-13)12-17(25)23-19-15(21)7-4-8-16(19)22/h3-11H,2,12H2,1H3,(H,23,25)/b10-9+. The maximum Gasteiger partial charge on any atom is 0.247 e. The predicted octanol–water partition coefficient (Wildman–Crippen LogP) is 5.15. The number of benzene rings is 2. The maximum absolute atomic E-state index is 12.3. The van der Waals surface area contributed by atoms with Gasteiger partial charge in [-0.05, 0) is 42.8 Å². The summed E-state index contributed by atoms with van der Waals surface area (Å²) in [6.07, 6.45) is 3.06. The molecule has 0 unspecified atom stereocenters. The van der Waals surface area contributed by atoms with Gasteiger partial charge in [0.25, 0.3) is 0 Å². The van der Waals surface area contributed by atoms with Crippen molar-refractivity contribution in [3.05, 3.63) is 69.2 Å². The van der Waals surface area contributed by atoms with Gasteiger partial charge in [0.2, 0.25) is 11.8 Å². The van der Waals surface area contributed by atoms with Crippen LogP contribution in [0, 0.1) is 0 Å². The van der Waals surface area contributed by atoms with Gasteiger partial charge in [-0.15, -0.1) is 0 Å². The van der Waals surface area contributed by atoms with Crippen molar-refractivity contribution in [3.63, 3.8) is 0 Å². The van der Waals surface area contributed by atoms with E-state index in [2.05, 4.69) is 5.32 Å². The first-order chi connectivity index (χ1) is 12.4. The van der Waals surface area contributed by atoms with Crippen LogP contribution < -0.4 is 5.32 Å². The van der Waals surface area contributed by atoms with Crippen molar-refractivity contribution >= 4 is 58.4 Å². The van der Waals surface area contributed by atoms with Gasteiger partial charge in [0, 0.05) is 17.6 Å². The molecular weight excluding hydrogens is 395 g/mol. The fourth-order valence-electron chi connectivity index (χ4n) is 2.20. The van der Waals surface area contributed by atoms with Crippen molar-refractivity contribution < 1.29 is 9.59 Å². The molecule has 2 aromatic rings. The summed E-state index contributed by atoms with van der Waals surface area (Å²) in [5.74, 6) is -0.667. The number of halogens is 3. The lowest BCUT2D eigenvalue weighted by Crippen LogP contribution is -2.37. The van der Waals surface area contributed by atoms with Gasteiger partial charge < -0.3 is 10.2 Å². The van der Waals surface area contributed by atoms with E-state index >= 15 is 0 Å². The van der Waals surface area contributed by atoms with Crippen molar-refractivity contribution in [2.45, 2.75) is 6.92 Å². The highest BCUT2D eigenvalue weighted by Gasteiger charge is 2.15. The molecule has 0 atom stereocenters. The first kappa shape index (κ1) is 20.3. The monoisotopic (exact) mass is 410 g/mol. The number of rotatable bonds is 6. The van der Waals surface area contributed by atoms with Crippen LogP contribution in [-0.4, -0.2) is 29.8 Å². The summed E-state index contributed by atoms with van der Waals surface area (Å²) in [5.41, 5.74) is 1.13. The molecular formula is C19H17Cl3N2O2. The van der Waals surface area contributed by atoms with E-state index in [9.17, 15) is 9.59 Å². The van der Waals surface area contributed by atoms with Gasteiger partial charge in [0.05, 0.1) is 15.7 Å². The minimum absolute atomic E-state index is 0.114. The van der Waals surface area contributed by atoms with E-state index in [1.807, 2.05) is 6.07 Å². The van der Waals surface area contributed by atoms with Crippen molar-refractivity contribution in [2.24, 2.45) is 0 Å². The molecule has 0 aliphatic heterocycles. The minimum atomic E-state index is -0.383. The molecule has 0 saturated heterocycles. The van der Waals surface area contributed by atoms with Crippen LogP contribution >= 0.6 is 34.8 Å². The summed E-state index contributed by atoms with van der Waals surface area (Å²) < 4.78 is 0. The molecule has 2 amide bonds. The lowest BCUT2D eigenvalue weighted by atomic mass is 10.2. The molecule has 26 heavy (non-hydrogen) atoms. The van der Waals surface area contributed by atoms with E-state index in [0.29, 0.717) is 27.3 Å². The zero-order chi connectivity index (χ0) is 19.1. The Morgan fingerprint density at radius 1 is 1.08 bits per heavy atom. The number of para-hydroxylation sites is 1. The number of amides is 2. The van der Waals surface area contributed by atoms with Crippen molar-refractivity contribution in [3.8, 4) is 0 Å². The Hall–Kier alpha value is -2.01. The molecule has 0 heterocycles. The van der Waals surface area contributed by atoms with Crippen molar-refractivity contribution in [1.29, 1.82) is 0 Å². The van der Waals surface area contributed by atoms with E-state index in [1.54, 1.807) is 49.4 Å². The van der Waals surface area contributed by atoms with Crippen LogP contribution in [-0.2, 0) is 9.59 Å². The number of nitrogens with one attached hydrogen (secondary N) is 1. The minimum Gasteiger partial charge on any atom is -0.330 e. The molecule has 0 aliphatic carbocycles. The van der Waals surface area contributed by atoms with Crippen LogP contribution in [0.1, 0.15) is 12.5 Å². The van der Waals surface area contributed by atoms with Crippen molar-refractivity contribution in [2.75, 3.05) is 18.4 Å². The van der Waals surface area contributed by atoms with Crippen LogP contribution in [0.15, 0.2) is 48.5 Å². The molecule has 0 fully saturated rings. The van der Waals surface area contributed by atoms with Crippen LogP contribution in [0.25, 0.3) is 6.08 Å². The molecule has 0 spiro atoms. The van der Waals surface area contributed by atoms with E-state index in [1.165, 1.54) is 11.0 Å². The number of hydrogen-bond donors (Lipinski definition) is 1. The average Bonchev–Trinajstić information content (AvgIpc) is 2.61. The summed E-state index contributed by atoms with van der Waals surface area (Å²) in [4.78, 5) is 26.0. The Kier molecular flexibility index (Phi) is 7.51. The zero-order valence-electron chi connectivity index (χ0n) is 14.0. The van der Waals surface area contributed by atoms with Crippen LogP contribution in [0.3, 0.4) is 0 Å². The third kappa shape index (κ3) is 5.77. The fourth-order valence-corrected chi connectivity index (χ4v) is 2.89. The van der Waals surface area contributed by atoms with Gasteiger partial charge in [-0.3, -0.25) is 9.59 Å². The second-order valence-electron chi connectivity index (χ2n) is 5.39. The SMILES string of the molecule is CCN(CC(=O)Nc1c(Cl)cccc1Cl)C(=O)/C=C/c1cccc(Cl)c1. The smallest absolute Gasteiger partial charge is 0.247 e. The van der Waals surface area contributed by atoms with Gasteiger partial charge in [-0.2, -0.15) is 0 Å². The van der Waals surface area contributed by atoms with Crippen LogP contribution in [0.4, 0.5) is 5.69 Å². The normalized spacial score (nSPS) is 10.8. The number of carbonyl (C=O) groups excluding carboxylic acids is 2. The third-order valence-electron chi connectivity index (χ3n) is 3.52. The molecule has 0 aliphatic rings. The van der Waals surface area contributed by atoms with E-state index in [0.717, 1.165) is 5.56 Å². The number of nitrogens with zero attached hydrogens (tertiary/aromatic N) is 1. The first-order valence-corrected chi connectivity index (χ1v) is 9.00. The highest BCUT2D eigenvalue weighted by atomic mass is 35.5. The summed E-state index contributed by atoms with van der Waals surface area (Å²) in [6.45, 7) is 2.06. The first-order valence-electron chi connectivity index (χ1n) is 7.87. The Bertz CT molecular complexity index is 817. The molecule has 2 aromatic carbocycles. The molecule has 7 heteroatoms. The van der Waals surface area contributed by atoms with Gasteiger partial charge in [0.15, 0.2) is 0 Å². The number of likely N-dealkylation sites (N-methyl/N-ethyl adjacent to an activating group) is 1. The quantitative estimate of drug-likeness (QED) is 0.668. The Morgan fingerprint density at radius 2 is 1.73 bits per heavy atom. The summed E-state index contributed by atoms with van der Waals surface area (Å²) in [7, 11) is 0. The molecule has 0 radical (unpaired) electrons. The van der Waals surface area contributed by atoms with Crippen LogP contribution in [0.2, 0.25) is 15.1 Å². The molecule has 1 N–H and O–H groups in total. The van der Waals surface area contributed by atoms with Gasteiger partial charge in [0.1, 0.15) is 6.54 Å². The molecule has 136 valence electrons.